The average Bonchev–Trinajstić information content (AvgIpc) is 3.03. The summed E-state index contributed by atoms with van der Waals surface area (Å²) in [6, 6.07) is 6.80. The summed E-state index contributed by atoms with van der Waals surface area (Å²) in [6.45, 7) is 0.429. The number of morpholine rings is 1. The molecule has 9 heteroatoms. The third kappa shape index (κ3) is 4.32. The summed E-state index contributed by atoms with van der Waals surface area (Å²) >= 11 is 0. The maximum atomic E-state index is 13.7. The van der Waals surface area contributed by atoms with Crippen LogP contribution >= 0.6 is 0 Å². The Bertz CT molecular complexity index is 838. The minimum absolute atomic E-state index is 0.215. The third-order valence-corrected chi connectivity index (χ3v) is 4.30. The number of anilines is 1. The molecule has 1 saturated heterocycles. The number of H-pyrrole nitrogens is 1. The van der Waals surface area contributed by atoms with E-state index in [4.69, 9.17) is 4.74 Å². The quantitative estimate of drug-likeness (QED) is 0.818. The second-order valence-corrected chi connectivity index (χ2v) is 6.74. The van der Waals surface area contributed by atoms with Crippen LogP contribution in [-0.2, 0) is 20.9 Å². The van der Waals surface area contributed by atoms with Crippen molar-refractivity contribution in [3.05, 3.63) is 47.4 Å². The fraction of sp³-hybridized carbons (Fsp3) is 0.389. The van der Waals surface area contributed by atoms with Gasteiger partial charge < -0.3 is 19.9 Å². The standard InChI is InChI=1S/C18H22FN5O3/c1-23(2)9-13-8-14(22-21-13)20-18(26)17-16(24(3)15(25)10-27-17)11-5-4-6-12(19)7-11/h4-8,16-17H,9-10H2,1-3H3,(H2,20,21,22,26). The molecule has 1 fully saturated rings. The van der Waals surface area contributed by atoms with Gasteiger partial charge in [-0.1, -0.05) is 12.1 Å². The van der Waals surface area contributed by atoms with Gasteiger partial charge in [-0.2, -0.15) is 5.10 Å². The SMILES string of the molecule is CN(C)Cc1cc(NC(=O)C2OCC(=O)N(C)C2c2cccc(F)c2)n[nH]1. The van der Waals surface area contributed by atoms with E-state index in [0.717, 1.165) is 5.69 Å². The fourth-order valence-electron chi connectivity index (χ4n) is 3.06. The van der Waals surface area contributed by atoms with E-state index >= 15 is 0 Å². The minimum atomic E-state index is -0.983. The van der Waals surface area contributed by atoms with Gasteiger partial charge in [0.15, 0.2) is 11.9 Å². The Kier molecular flexibility index (Phi) is 5.52. The molecule has 2 amide bonds. The summed E-state index contributed by atoms with van der Waals surface area (Å²) in [7, 11) is 5.42. The molecule has 8 nitrogen and oxygen atoms in total. The van der Waals surface area contributed by atoms with Crippen molar-refractivity contribution in [1.29, 1.82) is 0 Å². The van der Waals surface area contributed by atoms with Gasteiger partial charge in [-0.25, -0.2) is 4.39 Å². The van der Waals surface area contributed by atoms with Gasteiger partial charge in [-0.15, -0.1) is 0 Å². The van der Waals surface area contributed by atoms with Crippen molar-refractivity contribution in [2.24, 2.45) is 0 Å². The van der Waals surface area contributed by atoms with Crippen LogP contribution in [0.5, 0.6) is 0 Å². The van der Waals surface area contributed by atoms with Gasteiger partial charge in [0.2, 0.25) is 5.91 Å². The monoisotopic (exact) mass is 375 g/mol. The Morgan fingerprint density at radius 1 is 1.44 bits per heavy atom. The molecule has 144 valence electrons. The highest BCUT2D eigenvalue weighted by Gasteiger charge is 2.40. The van der Waals surface area contributed by atoms with Gasteiger partial charge >= 0.3 is 0 Å². The van der Waals surface area contributed by atoms with Crippen LogP contribution in [0.2, 0.25) is 0 Å². The van der Waals surface area contributed by atoms with E-state index in [1.807, 2.05) is 19.0 Å². The lowest BCUT2D eigenvalue weighted by atomic mass is 9.97. The normalized spacial score (nSPS) is 20.2. The van der Waals surface area contributed by atoms with E-state index in [-0.39, 0.29) is 12.5 Å². The van der Waals surface area contributed by atoms with Crippen LogP contribution < -0.4 is 5.32 Å². The molecular weight excluding hydrogens is 353 g/mol. The van der Waals surface area contributed by atoms with Crippen LogP contribution in [0.25, 0.3) is 0 Å². The summed E-state index contributed by atoms with van der Waals surface area (Å²) in [4.78, 5) is 28.2. The molecule has 2 unspecified atom stereocenters. The van der Waals surface area contributed by atoms with Crippen LogP contribution in [0.4, 0.5) is 10.2 Å². The number of aromatic nitrogens is 2. The van der Waals surface area contributed by atoms with Crippen LogP contribution in [0.1, 0.15) is 17.3 Å². The number of amides is 2. The Balaban J connectivity index is 1.80. The first kappa shape index (κ1) is 19.0. The van der Waals surface area contributed by atoms with Crippen LogP contribution in [0, 0.1) is 5.82 Å². The Hall–Kier alpha value is -2.78. The first-order valence-electron chi connectivity index (χ1n) is 8.48. The molecule has 0 aliphatic carbocycles. The summed E-state index contributed by atoms with van der Waals surface area (Å²) in [5.41, 5.74) is 1.33. The smallest absolute Gasteiger partial charge is 0.257 e. The lowest BCUT2D eigenvalue weighted by Crippen LogP contribution is -2.51. The van der Waals surface area contributed by atoms with Gasteiger partial charge in [0, 0.05) is 19.7 Å². The molecule has 0 bridgehead atoms. The Morgan fingerprint density at radius 2 is 2.22 bits per heavy atom. The second kappa shape index (κ2) is 7.85. The summed E-state index contributed by atoms with van der Waals surface area (Å²) in [5, 5.41) is 9.62. The van der Waals surface area contributed by atoms with Crippen molar-refractivity contribution in [2.75, 3.05) is 33.1 Å². The van der Waals surface area contributed by atoms with Crippen molar-refractivity contribution in [3.63, 3.8) is 0 Å². The number of hydrogen-bond acceptors (Lipinski definition) is 5. The van der Waals surface area contributed by atoms with Gasteiger partial charge in [0.05, 0.1) is 11.7 Å². The number of carbonyl (C=O) groups excluding carboxylic acids is 2. The maximum absolute atomic E-state index is 13.7. The van der Waals surface area contributed by atoms with E-state index in [9.17, 15) is 14.0 Å². The van der Waals surface area contributed by atoms with Crippen molar-refractivity contribution in [1.82, 2.24) is 20.0 Å². The molecule has 2 heterocycles. The predicted molar refractivity (Wildman–Crippen MR) is 96.3 cm³/mol. The fourth-order valence-corrected chi connectivity index (χ4v) is 3.06. The van der Waals surface area contributed by atoms with Gasteiger partial charge in [-0.3, -0.25) is 14.7 Å². The average molecular weight is 375 g/mol. The van der Waals surface area contributed by atoms with Crippen molar-refractivity contribution in [2.45, 2.75) is 18.7 Å². The molecule has 1 aliphatic heterocycles. The minimum Gasteiger partial charge on any atom is -0.356 e. The van der Waals surface area contributed by atoms with E-state index in [0.29, 0.717) is 17.9 Å². The highest BCUT2D eigenvalue weighted by atomic mass is 19.1. The van der Waals surface area contributed by atoms with Gasteiger partial charge in [0.1, 0.15) is 12.4 Å². The number of benzene rings is 1. The van der Waals surface area contributed by atoms with E-state index in [1.54, 1.807) is 19.2 Å². The maximum Gasteiger partial charge on any atom is 0.257 e. The molecule has 27 heavy (non-hydrogen) atoms. The van der Waals surface area contributed by atoms with Gasteiger partial charge in [0.25, 0.3) is 5.91 Å². The lowest BCUT2D eigenvalue weighted by molar-refractivity contribution is -0.160. The third-order valence-electron chi connectivity index (χ3n) is 4.30. The highest BCUT2D eigenvalue weighted by molar-refractivity contribution is 5.95. The number of halogens is 1. The first-order chi connectivity index (χ1) is 12.8. The number of rotatable bonds is 5. The van der Waals surface area contributed by atoms with Gasteiger partial charge in [-0.05, 0) is 31.8 Å². The number of carbonyl (C=O) groups is 2. The predicted octanol–water partition coefficient (Wildman–Crippen LogP) is 1.15. The number of nitrogens with zero attached hydrogens (tertiary/aromatic N) is 3. The molecule has 0 radical (unpaired) electrons. The number of hydrogen-bond donors (Lipinski definition) is 2. The van der Waals surface area contributed by atoms with Crippen molar-refractivity contribution >= 4 is 17.6 Å². The summed E-state index contributed by atoms with van der Waals surface area (Å²) in [5.74, 6) is -0.815. The lowest BCUT2D eigenvalue weighted by Gasteiger charge is -2.38. The molecule has 1 aromatic carbocycles. The summed E-state index contributed by atoms with van der Waals surface area (Å²) in [6.07, 6.45) is -0.983. The van der Waals surface area contributed by atoms with Crippen LogP contribution in [0.3, 0.4) is 0 Å². The summed E-state index contributed by atoms with van der Waals surface area (Å²) < 4.78 is 19.2. The van der Waals surface area contributed by atoms with Crippen molar-refractivity contribution in [3.8, 4) is 0 Å². The number of aromatic amines is 1. The first-order valence-corrected chi connectivity index (χ1v) is 8.48. The number of ether oxygens (including phenoxy) is 1. The molecule has 3 rings (SSSR count). The molecule has 2 N–H and O–H groups in total. The largest absolute Gasteiger partial charge is 0.356 e. The highest BCUT2D eigenvalue weighted by Crippen LogP contribution is 2.30. The van der Waals surface area contributed by atoms with Crippen molar-refractivity contribution < 1.29 is 18.7 Å². The molecular formula is C18H22FN5O3. The number of nitrogens with one attached hydrogen (secondary N) is 2. The zero-order valence-corrected chi connectivity index (χ0v) is 15.4. The van der Waals surface area contributed by atoms with Crippen LogP contribution in [0.15, 0.2) is 30.3 Å². The number of likely N-dealkylation sites (N-methyl/N-ethyl adjacent to an activating group) is 1. The second-order valence-electron chi connectivity index (χ2n) is 6.74. The van der Waals surface area contributed by atoms with E-state index in [2.05, 4.69) is 15.5 Å². The van der Waals surface area contributed by atoms with Crippen LogP contribution in [-0.4, -0.2) is 65.7 Å². The molecule has 1 aliphatic rings. The molecule has 2 atom stereocenters. The zero-order chi connectivity index (χ0) is 19.6. The molecule has 0 spiro atoms. The molecule has 2 aromatic rings. The Labute approximate surface area is 156 Å². The van der Waals surface area contributed by atoms with E-state index in [1.165, 1.54) is 23.1 Å². The molecule has 1 aromatic heterocycles. The zero-order valence-electron chi connectivity index (χ0n) is 15.4. The molecule has 0 saturated carbocycles. The topological polar surface area (TPSA) is 90.6 Å². The van der Waals surface area contributed by atoms with E-state index < -0.39 is 23.9 Å². The Morgan fingerprint density at radius 3 is 2.93 bits per heavy atom.